The Morgan fingerprint density at radius 2 is 0.629 bits per heavy atom. The lowest BCUT2D eigenvalue weighted by Gasteiger charge is -2.36. The largest absolute Gasteiger partial charge is 0.489 e. The Bertz CT molecular complexity index is 3880. The van der Waals surface area contributed by atoms with Gasteiger partial charge in [-0.25, -0.2) is 0 Å². The number of nitrogens with one attached hydrogen (secondary N) is 1. The van der Waals surface area contributed by atoms with Crippen LogP contribution in [0.4, 0.5) is 0 Å². The van der Waals surface area contributed by atoms with E-state index in [4.69, 9.17) is 42.6 Å². The molecule has 11 aromatic rings. The molecule has 0 radical (unpaired) electrons. The predicted molar refractivity (Wildman–Crippen MR) is 344 cm³/mol. The lowest BCUT2D eigenvalue weighted by Crippen LogP contribution is -2.45. The first-order valence-corrected chi connectivity index (χ1v) is 29.8. The Morgan fingerprint density at radius 1 is 0.337 bits per heavy atom. The molecule has 1 aliphatic heterocycles. The van der Waals surface area contributed by atoms with Gasteiger partial charge in [0.05, 0.1) is 6.04 Å². The average molecular weight is 1180 g/mol. The molecule has 1 amide bonds. The summed E-state index contributed by atoms with van der Waals surface area (Å²) >= 11 is 0. The van der Waals surface area contributed by atoms with E-state index in [0.717, 1.165) is 50.1 Å². The second kappa shape index (κ2) is 29.5. The summed E-state index contributed by atoms with van der Waals surface area (Å²) in [6, 6.07) is 89.8. The summed E-state index contributed by atoms with van der Waals surface area (Å²) in [6.07, 6.45) is -0.621. The molecule has 89 heavy (non-hydrogen) atoms. The van der Waals surface area contributed by atoms with Crippen molar-refractivity contribution in [1.82, 2.24) is 5.32 Å². The van der Waals surface area contributed by atoms with Gasteiger partial charge in [-0.2, -0.15) is 0 Å². The van der Waals surface area contributed by atoms with E-state index in [1.165, 1.54) is 0 Å². The minimum absolute atomic E-state index is 0.193. The van der Waals surface area contributed by atoms with Crippen LogP contribution in [0.3, 0.4) is 0 Å². The Hall–Kier alpha value is -10.9. The van der Waals surface area contributed by atoms with E-state index in [-0.39, 0.29) is 58.2 Å². The lowest BCUT2D eigenvalue weighted by atomic mass is 9.91. The molecule has 0 fully saturated rings. The SMILES string of the molecule is O=C(NC1Cc2c(OCc3ccccc3)cc(OCc3ccccc3)cc2OC1c1cc(OCc2ccccc2)c(OCc2ccccc2)c(OCc2ccccc2)c1)c1cc(OCc2ccccc2)c(OCc2ccccc2)c(OCc2ccccc2)c1. The molecule has 0 saturated heterocycles. The lowest BCUT2D eigenvalue weighted by molar-refractivity contribution is 0.0833. The Morgan fingerprint density at radius 3 is 0.966 bits per heavy atom. The van der Waals surface area contributed by atoms with Gasteiger partial charge in [-0.15, -0.1) is 0 Å². The number of ether oxygens (including phenoxy) is 9. The third-order valence-corrected chi connectivity index (χ3v) is 15.0. The van der Waals surface area contributed by atoms with Gasteiger partial charge in [0, 0.05) is 35.2 Å². The van der Waals surface area contributed by atoms with Gasteiger partial charge in [-0.1, -0.05) is 243 Å². The number of carbonyl (C=O) groups excluding carboxylic acids is 1. The molecule has 0 spiro atoms. The highest BCUT2D eigenvalue weighted by Gasteiger charge is 2.37. The van der Waals surface area contributed by atoms with Crippen molar-refractivity contribution in [2.75, 3.05) is 0 Å². The molecule has 1 aliphatic rings. The van der Waals surface area contributed by atoms with E-state index in [1.807, 2.05) is 267 Å². The first-order chi connectivity index (χ1) is 44.0. The van der Waals surface area contributed by atoms with Gasteiger partial charge in [0.1, 0.15) is 76.2 Å². The summed E-state index contributed by atoms with van der Waals surface area (Å²) in [5, 5.41) is 3.47. The molecule has 12 rings (SSSR count). The number of amides is 1. The fourth-order valence-electron chi connectivity index (χ4n) is 10.4. The number of hydrogen-bond donors (Lipinski definition) is 1. The molecule has 11 heteroatoms. The summed E-state index contributed by atoms with van der Waals surface area (Å²) in [7, 11) is 0. The fraction of sp³-hybridized carbons (Fsp3) is 0.141. The van der Waals surface area contributed by atoms with Crippen LogP contribution in [0.5, 0.6) is 51.7 Å². The van der Waals surface area contributed by atoms with E-state index in [9.17, 15) is 0 Å². The zero-order chi connectivity index (χ0) is 60.2. The number of rotatable bonds is 27. The number of benzene rings is 11. The standard InChI is InChI=1S/C78H67NO10/c80-78(65-43-73(85-52-60-33-17-5-18-34-60)77(88-55-63-39-23-8-24-40-63)74(44-65)86-53-61-35-19-6-20-36-61)79-68-47-67-69(82-49-57-27-11-2-12-28-57)45-66(81-48-56-25-9-1-10-26-56)46-70(67)89-75(68)64-41-71(83-50-58-29-13-3-14-30-58)76(87-54-62-37-21-7-22-38-62)72(42-64)84-51-59-31-15-4-16-32-59/h1-46,68,75H,47-55H2,(H,79,80). The Kier molecular flexibility index (Phi) is 19.4. The van der Waals surface area contributed by atoms with Gasteiger partial charge >= 0.3 is 0 Å². The topological polar surface area (TPSA) is 112 Å². The van der Waals surface area contributed by atoms with Crippen LogP contribution in [0.1, 0.15) is 72.1 Å². The van der Waals surface area contributed by atoms with E-state index >= 15 is 4.79 Å². The van der Waals surface area contributed by atoms with Gasteiger partial charge in [-0.05, 0) is 68.8 Å². The summed E-state index contributed by atoms with van der Waals surface area (Å²) < 4.78 is 61.2. The van der Waals surface area contributed by atoms with Gasteiger partial charge in [0.2, 0.25) is 11.5 Å². The molecule has 0 aliphatic carbocycles. The van der Waals surface area contributed by atoms with Crippen LogP contribution in [0.25, 0.3) is 0 Å². The van der Waals surface area contributed by atoms with Gasteiger partial charge in [-0.3, -0.25) is 4.79 Å². The minimum atomic E-state index is -0.879. The highest BCUT2D eigenvalue weighted by molar-refractivity contribution is 5.96. The Balaban J connectivity index is 0.978. The van der Waals surface area contributed by atoms with Gasteiger partial charge < -0.3 is 47.9 Å². The fourth-order valence-corrected chi connectivity index (χ4v) is 10.4. The first kappa shape index (κ1) is 58.5. The summed E-state index contributed by atoms with van der Waals surface area (Å²) in [5.41, 5.74) is 9.29. The van der Waals surface area contributed by atoms with Crippen LogP contribution in [0.2, 0.25) is 0 Å². The first-order valence-electron chi connectivity index (χ1n) is 29.8. The van der Waals surface area contributed by atoms with Crippen LogP contribution in [0.15, 0.2) is 279 Å². The maximum absolute atomic E-state index is 15.7. The molecule has 2 unspecified atom stereocenters. The summed E-state index contributed by atoms with van der Waals surface area (Å²) in [6.45, 7) is 1.84. The predicted octanol–water partition coefficient (Wildman–Crippen LogP) is 16.8. The van der Waals surface area contributed by atoms with Crippen LogP contribution in [0, 0.1) is 0 Å². The average Bonchev–Trinajstić information content (AvgIpc) is 2.76. The molecule has 444 valence electrons. The van der Waals surface area contributed by atoms with Crippen LogP contribution < -0.4 is 47.9 Å². The highest BCUT2D eigenvalue weighted by Crippen LogP contribution is 2.48. The third kappa shape index (κ3) is 15.9. The van der Waals surface area contributed by atoms with E-state index in [2.05, 4.69) is 5.32 Å². The number of carbonyl (C=O) groups is 1. The monoisotopic (exact) mass is 1180 g/mol. The molecule has 11 nitrogen and oxygen atoms in total. The third-order valence-electron chi connectivity index (χ3n) is 15.0. The zero-order valence-corrected chi connectivity index (χ0v) is 49.2. The van der Waals surface area contributed by atoms with Crippen LogP contribution >= 0.6 is 0 Å². The highest BCUT2D eigenvalue weighted by atomic mass is 16.6. The molecule has 1 heterocycles. The van der Waals surface area contributed by atoms with Crippen LogP contribution in [-0.4, -0.2) is 11.9 Å². The molecule has 11 aromatic carbocycles. The smallest absolute Gasteiger partial charge is 0.251 e. The quantitative estimate of drug-likeness (QED) is 0.0534. The zero-order valence-electron chi connectivity index (χ0n) is 49.2. The van der Waals surface area contributed by atoms with Crippen molar-refractivity contribution < 1.29 is 47.4 Å². The van der Waals surface area contributed by atoms with Crippen molar-refractivity contribution in [3.05, 3.63) is 340 Å². The van der Waals surface area contributed by atoms with E-state index < -0.39 is 18.1 Å². The number of hydrogen-bond acceptors (Lipinski definition) is 10. The Labute approximate surface area is 519 Å². The summed E-state index contributed by atoms with van der Waals surface area (Å²) in [5.74, 6) is 3.45. The molecule has 0 saturated carbocycles. The minimum Gasteiger partial charge on any atom is -0.489 e. The van der Waals surface area contributed by atoms with E-state index in [0.29, 0.717) is 63.9 Å². The van der Waals surface area contributed by atoms with Crippen molar-refractivity contribution in [3.8, 4) is 51.7 Å². The van der Waals surface area contributed by atoms with Gasteiger partial charge in [0.25, 0.3) is 5.91 Å². The maximum Gasteiger partial charge on any atom is 0.251 e. The van der Waals surface area contributed by atoms with Crippen molar-refractivity contribution in [2.45, 2.75) is 71.4 Å². The number of fused-ring (bicyclic) bond motifs is 1. The molecule has 0 aromatic heterocycles. The van der Waals surface area contributed by atoms with Gasteiger partial charge in [0.15, 0.2) is 23.0 Å². The second-order valence-corrected chi connectivity index (χ2v) is 21.6. The maximum atomic E-state index is 15.7. The normalized spacial score (nSPS) is 13.2. The van der Waals surface area contributed by atoms with Crippen molar-refractivity contribution in [3.63, 3.8) is 0 Å². The molecular weight excluding hydrogens is 1110 g/mol. The molecule has 0 bridgehead atoms. The summed E-state index contributed by atoms with van der Waals surface area (Å²) in [4.78, 5) is 15.7. The van der Waals surface area contributed by atoms with E-state index in [1.54, 1.807) is 12.1 Å². The second-order valence-electron chi connectivity index (χ2n) is 21.6. The van der Waals surface area contributed by atoms with Crippen molar-refractivity contribution >= 4 is 5.91 Å². The van der Waals surface area contributed by atoms with Crippen LogP contribution in [-0.2, 0) is 59.3 Å². The van der Waals surface area contributed by atoms with Crippen molar-refractivity contribution in [1.29, 1.82) is 0 Å². The van der Waals surface area contributed by atoms with Crippen molar-refractivity contribution in [2.24, 2.45) is 0 Å². The molecular formula is C78H67NO10. The molecule has 2 atom stereocenters. The molecule has 1 N–H and O–H groups in total.